The Labute approximate surface area is 109 Å². The molecule has 0 spiro atoms. The van der Waals surface area contributed by atoms with Gasteiger partial charge in [-0.1, -0.05) is 0 Å². The lowest BCUT2D eigenvalue weighted by Crippen LogP contribution is -2.21. The standard InChI is InChI=1S/C10H11ClFNO4S/c1-6-3-10(18(16,17)7(2)5-11)9(13(14)15)4-8(6)12/h3-4,7H,5H2,1-2H3. The van der Waals surface area contributed by atoms with Gasteiger partial charge in [-0.05, 0) is 25.5 Å². The minimum absolute atomic E-state index is 0.0287. The predicted molar refractivity (Wildman–Crippen MR) is 65.2 cm³/mol. The van der Waals surface area contributed by atoms with Crippen molar-refractivity contribution in [2.45, 2.75) is 24.0 Å². The summed E-state index contributed by atoms with van der Waals surface area (Å²) in [6.45, 7) is 2.67. The number of hydrogen-bond donors (Lipinski definition) is 0. The number of rotatable bonds is 4. The van der Waals surface area contributed by atoms with Crippen LogP contribution in [0.2, 0.25) is 0 Å². The highest BCUT2D eigenvalue weighted by molar-refractivity contribution is 7.92. The van der Waals surface area contributed by atoms with Gasteiger partial charge in [0.25, 0.3) is 5.69 Å². The average Bonchev–Trinajstić information content (AvgIpc) is 2.30. The van der Waals surface area contributed by atoms with Crippen LogP contribution >= 0.6 is 11.6 Å². The van der Waals surface area contributed by atoms with Crippen LogP contribution in [0.4, 0.5) is 10.1 Å². The Morgan fingerprint density at radius 3 is 2.50 bits per heavy atom. The number of nitrogens with zero attached hydrogens (tertiary/aromatic N) is 1. The monoisotopic (exact) mass is 295 g/mol. The van der Waals surface area contributed by atoms with Crippen molar-refractivity contribution in [1.82, 2.24) is 0 Å². The van der Waals surface area contributed by atoms with Gasteiger partial charge in [0, 0.05) is 5.88 Å². The van der Waals surface area contributed by atoms with E-state index in [0.717, 1.165) is 6.07 Å². The first-order valence-electron chi connectivity index (χ1n) is 4.96. The van der Waals surface area contributed by atoms with Gasteiger partial charge in [0.2, 0.25) is 0 Å². The van der Waals surface area contributed by atoms with Gasteiger partial charge in [-0.15, -0.1) is 11.6 Å². The van der Waals surface area contributed by atoms with Crippen molar-refractivity contribution < 1.29 is 17.7 Å². The lowest BCUT2D eigenvalue weighted by Gasteiger charge is -2.11. The van der Waals surface area contributed by atoms with Crippen LogP contribution in [0, 0.1) is 22.9 Å². The molecule has 0 saturated carbocycles. The smallest absolute Gasteiger partial charge is 0.258 e. The Balaban J connectivity index is 3.59. The van der Waals surface area contributed by atoms with Crippen LogP contribution in [0.15, 0.2) is 17.0 Å². The van der Waals surface area contributed by atoms with E-state index in [-0.39, 0.29) is 11.4 Å². The fraction of sp³-hybridized carbons (Fsp3) is 0.400. The van der Waals surface area contributed by atoms with E-state index in [1.54, 1.807) is 0 Å². The maximum Gasteiger partial charge on any atom is 0.290 e. The molecule has 18 heavy (non-hydrogen) atoms. The molecule has 1 atom stereocenters. The number of nitro groups is 1. The summed E-state index contributed by atoms with van der Waals surface area (Å²) in [5, 5.41) is 9.80. The summed E-state index contributed by atoms with van der Waals surface area (Å²) in [7, 11) is -3.94. The van der Waals surface area contributed by atoms with E-state index in [4.69, 9.17) is 11.6 Å². The molecule has 0 heterocycles. The van der Waals surface area contributed by atoms with E-state index < -0.39 is 36.4 Å². The van der Waals surface area contributed by atoms with Crippen molar-refractivity contribution >= 4 is 27.1 Å². The lowest BCUT2D eigenvalue weighted by atomic mass is 10.2. The van der Waals surface area contributed by atoms with Gasteiger partial charge in [-0.3, -0.25) is 10.1 Å². The third-order valence-electron chi connectivity index (χ3n) is 2.49. The number of nitro benzene ring substituents is 1. The zero-order valence-electron chi connectivity index (χ0n) is 9.68. The van der Waals surface area contributed by atoms with Crippen molar-refractivity contribution in [3.05, 3.63) is 33.6 Å². The Kier molecular flexibility index (Phi) is 4.28. The molecule has 100 valence electrons. The summed E-state index contributed by atoms with van der Waals surface area (Å²) in [5.74, 6) is -1.02. The molecule has 8 heteroatoms. The Bertz CT molecular complexity index is 588. The first-order chi connectivity index (χ1) is 8.21. The lowest BCUT2D eigenvalue weighted by molar-refractivity contribution is -0.388. The largest absolute Gasteiger partial charge is 0.290 e. The van der Waals surface area contributed by atoms with Crippen LogP contribution in [0.5, 0.6) is 0 Å². The molecule has 1 aromatic carbocycles. The van der Waals surface area contributed by atoms with Crippen LogP contribution in [0.3, 0.4) is 0 Å². The summed E-state index contributed by atoms with van der Waals surface area (Å²) in [5.41, 5.74) is -0.740. The molecule has 0 aliphatic rings. The van der Waals surface area contributed by atoms with Gasteiger partial charge in [0.05, 0.1) is 16.2 Å². The molecule has 0 aliphatic carbocycles. The summed E-state index contributed by atoms with van der Waals surface area (Å²) in [6, 6.07) is 1.58. The minimum Gasteiger partial charge on any atom is -0.258 e. The molecular formula is C10H11ClFNO4S. The molecule has 1 unspecified atom stereocenters. The maximum atomic E-state index is 13.3. The van der Waals surface area contributed by atoms with Gasteiger partial charge >= 0.3 is 0 Å². The first kappa shape index (κ1) is 14.8. The van der Waals surface area contributed by atoms with E-state index >= 15 is 0 Å². The SMILES string of the molecule is Cc1cc(S(=O)(=O)C(C)CCl)c([N+](=O)[O-])cc1F. The van der Waals surface area contributed by atoms with Crippen molar-refractivity contribution in [3.63, 3.8) is 0 Å². The van der Waals surface area contributed by atoms with E-state index in [0.29, 0.717) is 6.07 Å². The quantitative estimate of drug-likeness (QED) is 0.370. The molecule has 5 nitrogen and oxygen atoms in total. The van der Waals surface area contributed by atoms with Crippen LogP contribution in [0.1, 0.15) is 12.5 Å². The minimum atomic E-state index is -3.94. The molecule has 1 rings (SSSR count). The first-order valence-corrected chi connectivity index (χ1v) is 7.04. The Hall–Kier alpha value is -1.21. The topological polar surface area (TPSA) is 77.3 Å². The number of sulfone groups is 1. The highest BCUT2D eigenvalue weighted by atomic mass is 35.5. The van der Waals surface area contributed by atoms with Crippen LogP contribution in [0.25, 0.3) is 0 Å². The van der Waals surface area contributed by atoms with Gasteiger partial charge < -0.3 is 0 Å². The zero-order chi connectivity index (χ0) is 14.1. The van der Waals surface area contributed by atoms with Gasteiger partial charge in [0.1, 0.15) is 10.7 Å². The molecule has 1 aromatic rings. The van der Waals surface area contributed by atoms with Crippen molar-refractivity contribution in [2.75, 3.05) is 5.88 Å². The summed E-state index contributed by atoms with van der Waals surface area (Å²) < 4.78 is 37.3. The number of aryl methyl sites for hydroxylation is 1. The molecule has 0 radical (unpaired) electrons. The van der Waals surface area contributed by atoms with E-state index in [1.165, 1.54) is 13.8 Å². The summed E-state index contributed by atoms with van der Waals surface area (Å²) in [6.07, 6.45) is 0. The van der Waals surface area contributed by atoms with Crippen molar-refractivity contribution in [2.24, 2.45) is 0 Å². The van der Waals surface area contributed by atoms with Crippen molar-refractivity contribution in [1.29, 1.82) is 0 Å². The molecule has 0 fully saturated rings. The van der Waals surface area contributed by atoms with Gasteiger partial charge in [0.15, 0.2) is 9.84 Å². The fourth-order valence-corrected chi connectivity index (χ4v) is 3.18. The summed E-state index contributed by atoms with van der Waals surface area (Å²) >= 11 is 5.47. The van der Waals surface area contributed by atoms with Gasteiger partial charge in [-0.25, -0.2) is 12.8 Å². The molecule has 0 bridgehead atoms. The van der Waals surface area contributed by atoms with E-state index in [9.17, 15) is 22.9 Å². The highest BCUT2D eigenvalue weighted by Gasteiger charge is 2.31. The molecule has 0 N–H and O–H groups in total. The average molecular weight is 296 g/mol. The third-order valence-corrected chi connectivity index (χ3v) is 5.30. The fourth-order valence-electron chi connectivity index (χ4n) is 1.31. The van der Waals surface area contributed by atoms with E-state index in [1.807, 2.05) is 0 Å². The second-order valence-electron chi connectivity index (χ2n) is 3.84. The molecular weight excluding hydrogens is 285 g/mol. The number of benzene rings is 1. The molecule has 0 amide bonds. The molecule has 0 aromatic heterocycles. The van der Waals surface area contributed by atoms with Crippen molar-refractivity contribution in [3.8, 4) is 0 Å². The second kappa shape index (κ2) is 5.19. The van der Waals surface area contributed by atoms with E-state index in [2.05, 4.69) is 0 Å². The second-order valence-corrected chi connectivity index (χ2v) is 6.48. The third kappa shape index (κ3) is 2.62. The van der Waals surface area contributed by atoms with Crippen LogP contribution < -0.4 is 0 Å². The Morgan fingerprint density at radius 2 is 2.06 bits per heavy atom. The Morgan fingerprint density at radius 1 is 1.50 bits per heavy atom. The number of halogens is 2. The van der Waals surface area contributed by atoms with Gasteiger partial charge in [-0.2, -0.15) is 0 Å². The summed E-state index contributed by atoms with van der Waals surface area (Å²) in [4.78, 5) is 9.36. The highest BCUT2D eigenvalue weighted by Crippen LogP contribution is 2.29. The number of alkyl halides is 1. The molecule has 0 saturated heterocycles. The zero-order valence-corrected chi connectivity index (χ0v) is 11.3. The number of hydrogen-bond acceptors (Lipinski definition) is 4. The normalized spacial score (nSPS) is 13.3. The predicted octanol–water partition coefficient (Wildman–Crippen LogP) is 2.44. The molecule has 0 aliphatic heterocycles. The maximum absolute atomic E-state index is 13.3. The van der Waals surface area contributed by atoms with Crippen LogP contribution in [-0.2, 0) is 9.84 Å². The van der Waals surface area contributed by atoms with Crippen LogP contribution in [-0.4, -0.2) is 24.5 Å².